The molecule has 1 rings (SSSR count). The van der Waals surface area contributed by atoms with Gasteiger partial charge in [-0.15, -0.1) is 0 Å². The van der Waals surface area contributed by atoms with Crippen LogP contribution >= 0.6 is 0 Å². The maximum absolute atomic E-state index is 5.69. The van der Waals surface area contributed by atoms with E-state index in [-0.39, 0.29) is 5.41 Å². The standard InChI is InChI=1S/C16H28N2O/c1-12-10-15(19-6)13(2)9-14(12)18(5)11-16(3,4)7-8-17/h9-10H,7-8,11,17H2,1-6H3. The molecule has 0 aliphatic rings. The van der Waals surface area contributed by atoms with Gasteiger partial charge in [-0.05, 0) is 55.5 Å². The van der Waals surface area contributed by atoms with E-state index in [4.69, 9.17) is 10.5 Å². The van der Waals surface area contributed by atoms with Crippen LogP contribution in [0.2, 0.25) is 0 Å². The van der Waals surface area contributed by atoms with Gasteiger partial charge in [-0.25, -0.2) is 0 Å². The van der Waals surface area contributed by atoms with Crippen molar-refractivity contribution in [2.75, 3.05) is 32.1 Å². The highest BCUT2D eigenvalue weighted by Crippen LogP contribution is 2.30. The summed E-state index contributed by atoms with van der Waals surface area (Å²) in [7, 11) is 3.86. The number of nitrogens with zero attached hydrogens (tertiary/aromatic N) is 1. The fourth-order valence-electron chi connectivity index (χ4n) is 2.60. The van der Waals surface area contributed by atoms with Crippen molar-refractivity contribution in [3.63, 3.8) is 0 Å². The van der Waals surface area contributed by atoms with Crippen molar-refractivity contribution in [1.29, 1.82) is 0 Å². The SMILES string of the molecule is COc1cc(C)c(N(C)CC(C)(C)CCN)cc1C. The maximum Gasteiger partial charge on any atom is 0.122 e. The minimum Gasteiger partial charge on any atom is -0.496 e. The first-order valence-electron chi connectivity index (χ1n) is 6.87. The second-order valence-corrected chi connectivity index (χ2v) is 6.17. The van der Waals surface area contributed by atoms with Crippen molar-refractivity contribution in [2.45, 2.75) is 34.1 Å². The molecule has 0 fully saturated rings. The molecular formula is C16H28N2O. The number of methoxy groups -OCH3 is 1. The van der Waals surface area contributed by atoms with Crippen molar-refractivity contribution in [2.24, 2.45) is 11.1 Å². The molecule has 0 bridgehead atoms. The minimum atomic E-state index is 0.226. The molecule has 108 valence electrons. The Balaban J connectivity index is 2.94. The van der Waals surface area contributed by atoms with E-state index in [0.717, 1.165) is 25.3 Å². The molecular weight excluding hydrogens is 236 g/mol. The van der Waals surface area contributed by atoms with Gasteiger partial charge in [0.2, 0.25) is 0 Å². The zero-order valence-corrected chi connectivity index (χ0v) is 13.2. The molecule has 0 aliphatic carbocycles. The van der Waals surface area contributed by atoms with Crippen LogP contribution in [-0.2, 0) is 0 Å². The molecule has 0 atom stereocenters. The van der Waals surface area contributed by atoms with E-state index in [1.165, 1.54) is 16.8 Å². The summed E-state index contributed by atoms with van der Waals surface area (Å²) in [4.78, 5) is 2.32. The largest absolute Gasteiger partial charge is 0.496 e. The fourth-order valence-corrected chi connectivity index (χ4v) is 2.60. The van der Waals surface area contributed by atoms with Gasteiger partial charge >= 0.3 is 0 Å². The van der Waals surface area contributed by atoms with Gasteiger partial charge in [-0.3, -0.25) is 0 Å². The number of aryl methyl sites for hydroxylation is 2. The number of benzene rings is 1. The second kappa shape index (κ2) is 6.29. The predicted molar refractivity (Wildman–Crippen MR) is 83.2 cm³/mol. The summed E-state index contributed by atoms with van der Waals surface area (Å²) >= 11 is 0. The van der Waals surface area contributed by atoms with Crippen LogP contribution in [0.3, 0.4) is 0 Å². The fraction of sp³-hybridized carbons (Fsp3) is 0.625. The van der Waals surface area contributed by atoms with Crippen LogP contribution in [0, 0.1) is 19.3 Å². The summed E-state index contributed by atoms with van der Waals surface area (Å²) < 4.78 is 5.36. The Kier molecular flexibility index (Phi) is 5.24. The molecule has 0 unspecified atom stereocenters. The Morgan fingerprint density at radius 3 is 2.37 bits per heavy atom. The molecule has 19 heavy (non-hydrogen) atoms. The Labute approximate surface area is 117 Å². The Bertz CT molecular complexity index is 427. The summed E-state index contributed by atoms with van der Waals surface area (Å²) in [5, 5.41) is 0. The van der Waals surface area contributed by atoms with Gasteiger partial charge in [0, 0.05) is 19.3 Å². The highest BCUT2D eigenvalue weighted by molar-refractivity contribution is 5.58. The van der Waals surface area contributed by atoms with Gasteiger partial charge in [0.25, 0.3) is 0 Å². The van der Waals surface area contributed by atoms with E-state index in [9.17, 15) is 0 Å². The molecule has 1 aromatic rings. The molecule has 0 aliphatic heterocycles. The van der Waals surface area contributed by atoms with Crippen LogP contribution in [0.4, 0.5) is 5.69 Å². The summed E-state index contributed by atoms with van der Waals surface area (Å²) in [6.45, 7) is 10.5. The van der Waals surface area contributed by atoms with Gasteiger partial charge in [0.1, 0.15) is 5.75 Å². The number of anilines is 1. The van der Waals surface area contributed by atoms with E-state index in [2.05, 4.69) is 51.8 Å². The van der Waals surface area contributed by atoms with E-state index in [1.807, 2.05) is 0 Å². The third kappa shape index (κ3) is 4.13. The molecule has 1 aromatic carbocycles. The Hall–Kier alpha value is -1.22. The van der Waals surface area contributed by atoms with Crippen LogP contribution in [0.15, 0.2) is 12.1 Å². The monoisotopic (exact) mass is 264 g/mol. The highest BCUT2D eigenvalue weighted by atomic mass is 16.5. The molecule has 0 heterocycles. The third-order valence-electron chi connectivity index (χ3n) is 3.61. The topological polar surface area (TPSA) is 38.5 Å². The zero-order chi connectivity index (χ0) is 14.6. The van der Waals surface area contributed by atoms with E-state index < -0.39 is 0 Å². The highest BCUT2D eigenvalue weighted by Gasteiger charge is 2.20. The van der Waals surface area contributed by atoms with Gasteiger partial charge < -0.3 is 15.4 Å². The lowest BCUT2D eigenvalue weighted by Gasteiger charge is -2.32. The number of hydrogen-bond donors (Lipinski definition) is 1. The molecule has 0 spiro atoms. The van der Waals surface area contributed by atoms with Crippen molar-refractivity contribution in [1.82, 2.24) is 0 Å². The van der Waals surface area contributed by atoms with Crippen LogP contribution < -0.4 is 15.4 Å². The van der Waals surface area contributed by atoms with E-state index >= 15 is 0 Å². The van der Waals surface area contributed by atoms with E-state index in [0.29, 0.717) is 0 Å². The maximum atomic E-state index is 5.69. The normalized spacial score (nSPS) is 11.5. The summed E-state index contributed by atoms with van der Waals surface area (Å²) in [5.74, 6) is 0.955. The van der Waals surface area contributed by atoms with Crippen LogP contribution in [-0.4, -0.2) is 27.2 Å². The zero-order valence-electron chi connectivity index (χ0n) is 13.2. The lowest BCUT2D eigenvalue weighted by molar-refractivity contribution is 0.347. The first kappa shape index (κ1) is 15.8. The molecule has 0 amide bonds. The van der Waals surface area contributed by atoms with Crippen LogP contribution in [0.5, 0.6) is 5.75 Å². The predicted octanol–water partition coefficient (Wildman–Crippen LogP) is 3.12. The Morgan fingerprint density at radius 1 is 1.21 bits per heavy atom. The summed E-state index contributed by atoms with van der Waals surface area (Å²) in [5.41, 5.74) is 9.60. The number of nitrogens with two attached hydrogens (primary N) is 1. The molecule has 3 heteroatoms. The third-order valence-corrected chi connectivity index (χ3v) is 3.61. The molecule has 3 nitrogen and oxygen atoms in total. The minimum absolute atomic E-state index is 0.226. The van der Waals surface area contributed by atoms with Crippen molar-refractivity contribution < 1.29 is 4.74 Å². The van der Waals surface area contributed by atoms with Crippen molar-refractivity contribution >= 4 is 5.69 Å². The van der Waals surface area contributed by atoms with Crippen molar-refractivity contribution in [3.05, 3.63) is 23.3 Å². The van der Waals surface area contributed by atoms with E-state index in [1.54, 1.807) is 7.11 Å². The van der Waals surface area contributed by atoms with Gasteiger partial charge in [0.15, 0.2) is 0 Å². The molecule has 0 saturated carbocycles. The number of ether oxygens (including phenoxy) is 1. The second-order valence-electron chi connectivity index (χ2n) is 6.17. The number of rotatable bonds is 6. The number of hydrogen-bond acceptors (Lipinski definition) is 3. The quantitative estimate of drug-likeness (QED) is 0.858. The Morgan fingerprint density at radius 2 is 1.84 bits per heavy atom. The first-order valence-corrected chi connectivity index (χ1v) is 6.87. The average molecular weight is 264 g/mol. The lowest BCUT2D eigenvalue weighted by Crippen LogP contribution is -2.33. The van der Waals surface area contributed by atoms with Gasteiger partial charge in [-0.2, -0.15) is 0 Å². The van der Waals surface area contributed by atoms with Crippen LogP contribution in [0.25, 0.3) is 0 Å². The average Bonchev–Trinajstić information content (AvgIpc) is 2.30. The molecule has 0 radical (unpaired) electrons. The van der Waals surface area contributed by atoms with Gasteiger partial charge in [-0.1, -0.05) is 13.8 Å². The molecule has 0 aromatic heterocycles. The molecule has 2 N–H and O–H groups in total. The molecule has 0 saturated heterocycles. The smallest absolute Gasteiger partial charge is 0.122 e. The first-order chi connectivity index (χ1) is 8.80. The van der Waals surface area contributed by atoms with Crippen LogP contribution in [0.1, 0.15) is 31.4 Å². The lowest BCUT2D eigenvalue weighted by atomic mass is 9.88. The summed E-state index contributed by atoms with van der Waals surface area (Å²) in [6, 6.07) is 4.31. The van der Waals surface area contributed by atoms with Gasteiger partial charge in [0.05, 0.1) is 7.11 Å². The summed E-state index contributed by atoms with van der Waals surface area (Å²) in [6.07, 6.45) is 1.03. The van der Waals surface area contributed by atoms with Crippen molar-refractivity contribution in [3.8, 4) is 5.75 Å².